The van der Waals surface area contributed by atoms with Crippen LogP contribution in [0.5, 0.6) is 0 Å². The van der Waals surface area contributed by atoms with E-state index in [9.17, 15) is 18.3 Å². The minimum Gasteiger partial charge on any atom is -0.390 e. The number of imidazole rings is 1. The van der Waals surface area contributed by atoms with E-state index in [2.05, 4.69) is 9.97 Å². The first kappa shape index (κ1) is 13.6. The van der Waals surface area contributed by atoms with Gasteiger partial charge in [-0.1, -0.05) is 12.1 Å². The van der Waals surface area contributed by atoms with Crippen LogP contribution in [0.25, 0.3) is 17.0 Å². The number of halogens is 3. The van der Waals surface area contributed by atoms with Crippen LogP contribution in [0.2, 0.25) is 0 Å². The lowest BCUT2D eigenvalue weighted by atomic mass is 10.1. The summed E-state index contributed by atoms with van der Waals surface area (Å²) >= 11 is 0. The molecule has 0 radical (unpaired) electrons. The van der Waals surface area contributed by atoms with Crippen molar-refractivity contribution in [2.75, 3.05) is 0 Å². The largest absolute Gasteiger partial charge is 0.416 e. The van der Waals surface area contributed by atoms with E-state index in [0.717, 1.165) is 12.1 Å². The van der Waals surface area contributed by atoms with Crippen molar-refractivity contribution in [3.05, 3.63) is 54.0 Å². The molecular formula is C14H10F3N3O. The summed E-state index contributed by atoms with van der Waals surface area (Å²) in [7, 11) is 0. The smallest absolute Gasteiger partial charge is 0.390 e. The molecule has 0 bridgehead atoms. The van der Waals surface area contributed by atoms with Gasteiger partial charge in [-0.25, -0.2) is 9.97 Å². The maximum absolute atomic E-state index is 12.6. The Morgan fingerprint density at radius 1 is 1.14 bits per heavy atom. The third kappa shape index (κ3) is 2.36. The van der Waals surface area contributed by atoms with E-state index in [4.69, 9.17) is 0 Å². The van der Waals surface area contributed by atoms with Gasteiger partial charge in [0.2, 0.25) is 5.78 Å². The first-order valence-corrected chi connectivity index (χ1v) is 6.11. The van der Waals surface area contributed by atoms with Gasteiger partial charge < -0.3 is 5.11 Å². The van der Waals surface area contributed by atoms with Gasteiger partial charge in [0.15, 0.2) is 0 Å². The molecule has 0 atom stereocenters. The Morgan fingerprint density at radius 3 is 2.48 bits per heavy atom. The molecule has 0 aliphatic rings. The summed E-state index contributed by atoms with van der Waals surface area (Å²) < 4.78 is 39.4. The van der Waals surface area contributed by atoms with Crippen LogP contribution >= 0.6 is 0 Å². The standard InChI is InChI=1S/C14H10F3N3O/c15-14(16,17)10-4-2-9(3-5-10)12-11(8-21)19-13-18-6-1-7-20(12)13/h1-7,21H,8H2. The molecule has 0 unspecified atom stereocenters. The summed E-state index contributed by atoms with van der Waals surface area (Å²) in [5.41, 5.74) is 0.721. The van der Waals surface area contributed by atoms with Gasteiger partial charge in [0, 0.05) is 18.0 Å². The monoisotopic (exact) mass is 293 g/mol. The third-order valence-corrected chi connectivity index (χ3v) is 3.11. The first-order valence-electron chi connectivity index (χ1n) is 6.11. The highest BCUT2D eigenvalue weighted by molar-refractivity contribution is 5.66. The van der Waals surface area contributed by atoms with Crippen molar-refractivity contribution in [3.63, 3.8) is 0 Å². The average molecular weight is 293 g/mol. The summed E-state index contributed by atoms with van der Waals surface area (Å²) in [5.74, 6) is 0.386. The minimum atomic E-state index is -4.38. The van der Waals surface area contributed by atoms with Crippen molar-refractivity contribution in [1.29, 1.82) is 0 Å². The lowest BCUT2D eigenvalue weighted by molar-refractivity contribution is -0.137. The first-order chi connectivity index (χ1) is 10.0. The Labute approximate surface area is 117 Å². The molecule has 0 fully saturated rings. The molecule has 0 spiro atoms. The van der Waals surface area contributed by atoms with Gasteiger partial charge in [-0.2, -0.15) is 13.2 Å². The molecule has 1 N–H and O–H groups in total. The molecule has 0 saturated heterocycles. The number of rotatable bonds is 2. The van der Waals surface area contributed by atoms with Gasteiger partial charge in [-0.05, 0) is 18.2 Å². The number of hydrogen-bond acceptors (Lipinski definition) is 3. The van der Waals surface area contributed by atoms with Gasteiger partial charge >= 0.3 is 6.18 Å². The number of aliphatic hydroxyl groups excluding tert-OH is 1. The lowest BCUT2D eigenvalue weighted by Gasteiger charge is -2.08. The van der Waals surface area contributed by atoms with Crippen molar-refractivity contribution in [2.24, 2.45) is 0 Å². The number of benzene rings is 1. The normalized spacial score (nSPS) is 12.0. The van der Waals surface area contributed by atoms with Crippen molar-refractivity contribution in [3.8, 4) is 11.3 Å². The van der Waals surface area contributed by atoms with E-state index in [1.807, 2.05) is 0 Å². The van der Waals surface area contributed by atoms with Crippen LogP contribution in [0.1, 0.15) is 11.3 Å². The third-order valence-electron chi connectivity index (χ3n) is 3.11. The van der Waals surface area contributed by atoms with Crippen molar-refractivity contribution in [2.45, 2.75) is 12.8 Å². The van der Waals surface area contributed by atoms with Crippen molar-refractivity contribution >= 4 is 5.78 Å². The number of hydrogen-bond donors (Lipinski definition) is 1. The quantitative estimate of drug-likeness (QED) is 0.790. The predicted molar refractivity (Wildman–Crippen MR) is 69.3 cm³/mol. The summed E-state index contributed by atoms with van der Waals surface area (Å²) in [6.07, 6.45) is -1.12. The van der Waals surface area contributed by atoms with Crippen LogP contribution in [0.4, 0.5) is 13.2 Å². The molecule has 3 aromatic rings. The predicted octanol–water partition coefficient (Wildman–Crippen LogP) is 2.91. The molecule has 2 aromatic heterocycles. The number of aromatic nitrogens is 3. The highest BCUT2D eigenvalue weighted by atomic mass is 19.4. The van der Waals surface area contributed by atoms with E-state index >= 15 is 0 Å². The minimum absolute atomic E-state index is 0.320. The molecule has 21 heavy (non-hydrogen) atoms. The summed E-state index contributed by atoms with van der Waals surface area (Å²) in [5, 5.41) is 9.38. The Kier molecular flexibility index (Phi) is 3.13. The molecule has 108 valence electrons. The van der Waals surface area contributed by atoms with Crippen molar-refractivity contribution in [1.82, 2.24) is 14.4 Å². The van der Waals surface area contributed by atoms with E-state index in [0.29, 0.717) is 22.7 Å². The van der Waals surface area contributed by atoms with Gasteiger partial charge in [0.1, 0.15) is 0 Å². The molecule has 4 nitrogen and oxygen atoms in total. The van der Waals surface area contributed by atoms with Crippen LogP contribution < -0.4 is 0 Å². The van der Waals surface area contributed by atoms with E-state index < -0.39 is 11.7 Å². The highest BCUT2D eigenvalue weighted by Gasteiger charge is 2.30. The fourth-order valence-electron chi connectivity index (χ4n) is 2.17. The second-order valence-electron chi connectivity index (χ2n) is 4.43. The molecule has 0 aliphatic carbocycles. The number of nitrogens with zero attached hydrogens (tertiary/aromatic N) is 3. The highest BCUT2D eigenvalue weighted by Crippen LogP contribution is 2.32. The van der Waals surface area contributed by atoms with E-state index in [1.54, 1.807) is 22.9 Å². The van der Waals surface area contributed by atoms with E-state index in [1.165, 1.54) is 12.1 Å². The lowest BCUT2D eigenvalue weighted by Crippen LogP contribution is -2.04. The van der Waals surface area contributed by atoms with Gasteiger partial charge in [0.05, 0.1) is 23.6 Å². The molecule has 0 saturated carbocycles. The zero-order valence-corrected chi connectivity index (χ0v) is 10.7. The molecule has 0 amide bonds. The summed E-state index contributed by atoms with van der Waals surface area (Å²) in [4.78, 5) is 8.21. The van der Waals surface area contributed by atoms with E-state index in [-0.39, 0.29) is 6.61 Å². The second-order valence-corrected chi connectivity index (χ2v) is 4.43. The van der Waals surface area contributed by atoms with Gasteiger partial charge in [-0.3, -0.25) is 4.40 Å². The van der Waals surface area contributed by atoms with Gasteiger partial charge in [0.25, 0.3) is 0 Å². The van der Waals surface area contributed by atoms with Crippen LogP contribution in [-0.2, 0) is 12.8 Å². The second kappa shape index (κ2) is 4.85. The van der Waals surface area contributed by atoms with Crippen LogP contribution in [-0.4, -0.2) is 19.5 Å². The Balaban J connectivity index is 2.16. The Hall–Kier alpha value is -2.41. The van der Waals surface area contributed by atoms with Crippen LogP contribution in [0.3, 0.4) is 0 Å². The zero-order chi connectivity index (χ0) is 15.0. The summed E-state index contributed by atoms with van der Waals surface area (Å²) in [6.45, 7) is -0.320. The maximum atomic E-state index is 12.6. The Morgan fingerprint density at radius 2 is 1.86 bits per heavy atom. The average Bonchev–Trinajstić information content (AvgIpc) is 2.85. The molecule has 1 aromatic carbocycles. The van der Waals surface area contributed by atoms with Crippen molar-refractivity contribution < 1.29 is 18.3 Å². The fourth-order valence-corrected chi connectivity index (χ4v) is 2.17. The van der Waals surface area contributed by atoms with Gasteiger partial charge in [-0.15, -0.1) is 0 Å². The van der Waals surface area contributed by atoms with Crippen LogP contribution in [0.15, 0.2) is 42.7 Å². The number of fused-ring (bicyclic) bond motifs is 1. The SMILES string of the molecule is OCc1nc2ncccn2c1-c1ccc(C(F)(F)F)cc1. The molecule has 0 aliphatic heterocycles. The Bertz CT molecular complexity index is 778. The van der Waals surface area contributed by atoms with Crippen LogP contribution in [0, 0.1) is 0 Å². The number of alkyl halides is 3. The molecular weight excluding hydrogens is 283 g/mol. The fraction of sp³-hybridized carbons (Fsp3) is 0.143. The topological polar surface area (TPSA) is 50.4 Å². The number of aliphatic hydroxyl groups is 1. The molecule has 7 heteroatoms. The zero-order valence-electron chi connectivity index (χ0n) is 10.7. The maximum Gasteiger partial charge on any atom is 0.416 e. The summed E-state index contributed by atoms with van der Waals surface area (Å²) in [6, 6.07) is 6.42. The molecule has 2 heterocycles. The molecule has 3 rings (SSSR count).